The second-order valence-electron chi connectivity index (χ2n) is 7.16. The summed E-state index contributed by atoms with van der Waals surface area (Å²) in [6.07, 6.45) is 5.21. The molecule has 0 fully saturated rings. The molecule has 1 aromatic carbocycles. The van der Waals surface area contributed by atoms with Gasteiger partial charge in [-0.15, -0.1) is 15.7 Å². The van der Waals surface area contributed by atoms with E-state index in [4.69, 9.17) is 5.14 Å². The molecule has 2 aromatic rings. The standard InChI is InChI=1S/C17H20N4O3S2/c1-17(2,23)15-19-8-13(25-15)26(18,24)21-16(22)20-14-11-5-3-9(11)7-10-4-6-12(10)14/h7-8,23H,3-6H2,1-2H3,(H3,18,20,21,22,24). The molecule has 2 aliphatic rings. The van der Waals surface area contributed by atoms with Crippen molar-refractivity contribution in [2.45, 2.75) is 49.3 Å². The second-order valence-corrected chi connectivity index (χ2v) is 10.2. The lowest BCUT2D eigenvalue weighted by molar-refractivity contribution is 0.0783. The van der Waals surface area contributed by atoms with E-state index >= 15 is 0 Å². The van der Waals surface area contributed by atoms with Crippen LogP contribution in [0.3, 0.4) is 0 Å². The Morgan fingerprint density at radius 1 is 1.31 bits per heavy atom. The maximum Gasteiger partial charge on any atom is 0.354 e. The third-order valence-electron chi connectivity index (χ3n) is 4.76. The third kappa shape index (κ3) is 2.94. The average Bonchev–Trinajstić information content (AvgIpc) is 2.93. The Morgan fingerprint density at radius 3 is 2.38 bits per heavy atom. The molecule has 0 saturated heterocycles. The number of nitrogens with zero attached hydrogens (tertiary/aromatic N) is 2. The van der Waals surface area contributed by atoms with Crippen LogP contribution in [0.15, 0.2) is 20.8 Å². The van der Waals surface area contributed by atoms with Crippen molar-refractivity contribution in [3.8, 4) is 0 Å². The number of aromatic nitrogens is 1. The quantitative estimate of drug-likeness (QED) is 0.744. The molecule has 138 valence electrons. The molecule has 4 N–H and O–H groups in total. The van der Waals surface area contributed by atoms with Crippen molar-refractivity contribution >= 4 is 33.0 Å². The molecule has 1 unspecified atom stereocenters. The summed E-state index contributed by atoms with van der Waals surface area (Å²) in [5.74, 6) is 0. The average molecular weight is 393 g/mol. The molecule has 1 aromatic heterocycles. The van der Waals surface area contributed by atoms with Gasteiger partial charge in [0.05, 0.1) is 6.20 Å². The number of urea groups is 1. The molecule has 7 nitrogen and oxygen atoms in total. The van der Waals surface area contributed by atoms with E-state index in [9.17, 15) is 14.1 Å². The number of aryl methyl sites for hydroxylation is 2. The lowest BCUT2D eigenvalue weighted by Crippen LogP contribution is -2.24. The molecule has 0 saturated carbocycles. The van der Waals surface area contributed by atoms with Gasteiger partial charge in [-0.25, -0.2) is 19.1 Å². The first-order valence-corrected chi connectivity index (χ1v) is 10.8. The molecular weight excluding hydrogens is 372 g/mol. The minimum atomic E-state index is -3.42. The van der Waals surface area contributed by atoms with Gasteiger partial charge in [0.1, 0.15) is 14.8 Å². The Hall–Kier alpha value is -1.81. The van der Waals surface area contributed by atoms with Crippen molar-refractivity contribution in [1.29, 1.82) is 0 Å². The largest absolute Gasteiger partial charge is 0.383 e. The van der Waals surface area contributed by atoms with Crippen LogP contribution < -0.4 is 10.5 Å². The van der Waals surface area contributed by atoms with E-state index in [0.29, 0.717) is 5.01 Å². The summed E-state index contributed by atoms with van der Waals surface area (Å²) >= 11 is 0.993. The zero-order valence-electron chi connectivity index (χ0n) is 14.5. The number of hydrogen-bond donors (Lipinski definition) is 3. The maximum atomic E-state index is 12.7. The second kappa shape index (κ2) is 5.85. The van der Waals surface area contributed by atoms with Crippen molar-refractivity contribution in [1.82, 2.24) is 4.98 Å². The van der Waals surface area contributed by atoms with Gasteiger partial charge in [0.25, 0.3) is 0 Å². The Morgan fingerprint density at radius 2 is 1.92 bits per heavy atom. The Kier molecular flexibility index (Phi) is 3.96. The van der Waals surface area contributed by atoms with E-state index in [2.05, 4.69) is 20.7 Å². The number of carbonyl (C=O) groups is 1. The molecule has 2 aliphatic carbocycles. The van der Waals surface area contributed by atoms with E-state index in [1.54, 1.807) is 13.8 Å². The van der Waals surface area contributed by atoms with Crippen LogP contribution >= 0.6 is 11.3 Å². The summed E-state index contributed by atoms with van der Waals surface area (Å²) in [5, 5.41) is 18.9. The van der Waals surface area contributed by atoms with Gasteiger partial charge >= 0.3 is 6.03 Å². The van der Waals surface area contributed by atoms with Crippen molar-refractivity contribution in [3.05, 3.63) is 39.5 Å². The first kappa shape index (κ1) is 17.6. The van der Waals surface area contributed by atoms with Gasteiger partial charge in [0.2, 0.25) is 0 Å². The van der Waals surface area contributed by atoms with Crippen LogP contribution in [0.1, 0.15) is 41.1 Å². The zero-order chi connectivity index (χ0) is 18.7. The SMILES string of the molecule is CC(C)(O)c1ncc(S(N)(=O)=NC(=O)Nc2c3c(cc4c2CC4)CC3)s1. The Labute approximate surface area is 156 Å². The van der Waals surface area contributed by atoms with Crippen LogP contribution in [-0.4, -0.2) is 20.3 Å². The highest BCUT2D eigenvalue weighted by molar-refractivity contribution is 7.93. The highest BCUT2D eigenvalue weighted by atomic mass is 32.2. The highest BCUT2D eigenvalue weighted by Gasteiger charge is 2.28. The predicted molar refractivity (Wildman–Crippen MR) is 101 cm³/mol. The smallest absolute Gasteiger partial charge is 0.354 e. The van der Waals surface area contributed by atoms with E-state index in [0.717, 1.165) is 53.8 Å². The molecule has 2 amide bonds. The highest BCUT2D eigenvalue weighted by Crippen LogP contribution is 2.40. The number of fused-ring (bicyclic) bond motifs is 2. The number of nitrogens with one attached hydrogen (secondary N) is 1. The first-order valence-electron chi connectivity index (χ1n) is 8.36. The first-order chi connectivity index (χ1) is 12.1. The van der Waals surface area contributed by atoms with Gasteiger partial charge < -0.3 is 10.4 Å². The number of benzene rings is 1. The van der Waals surface area contributed by atoms with E-state index in [1.165, 1.54) is 17.3 Å². The van der Waals surface area contributed by atoms with E-state index in [1.807, 2.05) is 0 Å². The zero-order valence-corrected chi connectivity index (χ0v) is 16.2. The summed E-state index contributed by atoms with van der Waals surface area (Å²) in [4.78, 5) is 16.4. The Balaban J connectivity index is 1.62. The number of hydrogen-bond acceptors (Lipinski definition) is 5. The number of amides is 2. The minimum absolute atomic E-state index is 0.166. The number of aliphatic hydroxyl groups is 1. The lowest BCUT2D eigenvalue weighted by Gasteiger charge is -2.31. The summed E-state index contributed by atoms with van der Waals surface area (Å²) in [5.41, 5.74) is 4.49. The topological polar surface area (TPSA) is 118 Å². The lowest BCUT2D eigenvalue weighted by atomic mass is 9.76. The van der Waals surface area contributed by atoms with Crippen LogP contribution in [0, 0.1) is 0 Å². The van der Waals surface area contributed by atoms with Crippen LogP contribution in [0.2, 0.25) is 0 Å². The van der Waals surface area contributed by atoms with Gasteiger partial charge in [-0.3, -0.25) is 0 Å². The van der Waals surface area contributed by atoms with Crippen molar-refractivity contribution in [3.63, 3.8) is 0 Å². The van der Waals surface area contributed by atoms with E-state index < -0.39 is 21.5 Å². The summed E-state index contributed by atoms with van der Waals surface area (Å²) in [6, 6.07) is 1.50. The number of nitrogens with two attached hydrogens (primary N) is 1. The maximum absolute atomic E-state index is 12.7. The number of rotatable bonds is 3. The number of carbonyl (C=O) groups excluding carboxylic acids is 1. The van der Waals surface area contributed by atoms with Gasteiger partial charge in [0.15, 0.2) is 9.92 Å². The molecule has 0 spiro atoms. The fraction of sp³-hybridized carbons (Fsp3) is 0.412. The molecule has 0 radical (unpaired) electrons. The molecular formula is C17H20N4O3S2. The Bertz CT molecular complexity index is 1010. The summed E-state index contributed by atoms with van der Waals surface area (Å²) in [6.45, 7) is 3.14. The van der Waals surface area contributed by atoms with Crippen LogP contribution in [0.5, 0.6) is 0 Å². The fourth-order valence-electron chi connectivity index (χ4n) is 3.20. The van der Waals surface area contributed by atoms with Crippen LogP contribution in [0.4, 0.5) is 10.5 Å². The molecule has 1 atom stereocenters. The van der Waals surface area contributed by atoms with Crippen LogP contribution in [0.25, 0.3) is 0 Å². The van der Waals surface area contributed by atoms with Crippen LogP contribution in [-0.2, 0) is 41.2 Å². The monoisotopic (exact) mass is 392 g/mol. The molecule has 4 rings (SSSR count). The molecule has 26 heavy (non-hydrogen) atoms. The molecule has 0 bridgehead atoms. The number of anilines is 1. The van der Waals surface area contributed by atoms with Gasteiger partial charge in [-0.1, -0.05) is 6.07 Å². The van der Waals surface area contributed by atoms with Gasteiger partial charge in [-0.2, -0.15) is 0 Å². The van der Waals surface area contributed by atoms with E-state index in [-0.39, 0.29) is 4.21 Å². The van der Waals surface area contributed by atoms with Gasteiger partial charge in [-0.05, 0) is 61.8 Å². The summed E-state index contributed by atoms with van der Waals surface area (Å²) in [7, 11) is -3.42. The van der Waals surface area contributed by atoms with Gasteiger partial charge in [0, 0.05) is 5.69 Å². The number of thiazole rings is 1. The summed E-state index contributed by atoms with van der Waals surface area (Å²) < 4.78 is 16.6. The van der Waals surface area contributed by atoms with Crippen molar-refractivity contribution < 1.29 is 14.1 Å². The predicted octanol–water partition coefficient (Wildman–Crippen LogP) is 2.50. The van der Waals surface area contributed by atoms with Crippen molar-refractivity contribution in [2.75, 3.05) is 5.32 Å². The molecule has 9 heteroatoms. The van der Waals surface area contributed by atoms with Crippen molar-refractivity contribution in [2.24, 2.45) is 9.50 Å². The minimum Gasteiger partial charge on any atom is -0.383 e. The molecule has 0 aliphatic heterocycles. The molecule has 1 heterocycles. The normalized spacial score (nSPS) is 17.2. The fourth-order valence-corrected chi connectivity index (χ4v) is 5.26. The third-order valence-corrected chi connectivity index (χ3v) is 7.95.